The number of allylic oxidation sites excluding steroid dienone is 2. The molecule has 3 fully saturated rings. The van der Waals surface area contributed by atoms with E-state index in [1.807, 2.05) is 6.08 Å². The molecule has 0 bridgehead atoms. The highest BCUT2D eigenvalue weighted by Crippen LogP contribution is 2.66. The molecule has 0 radical (unpaired) electrons. The van der Waals surface area contributed by atoms with Gasteiger partial charge < -0.3 is 0 Å². The number of carbonyl (C=O) groups is 1. The maximum Gasteiger partial charge on any atom is 0.155 e. The fourth-order valence-corrected chi connectivity index (χ4v) is 6.85. The molecule has 0 saturated heterocycles. The molecule has 0 spiro atoms. The highest BCUT2D eigenvalue weighted by atomic mass is 16.1. The summed E-state index contributed by atoms with van der Waals surface area (Å²) >= 11 is 0. The van der Waals surface area contributed by atoms with E-state index in [9.17, 15) is 4.79 Å². The van der Waals surface area contributed by atoms with Gasteiger partial charge in [0.15, 0.2) is 5.78 Å². The molecule has 0 aromatic carbocycles. The molecule has 4 aliphatic carbocycles. The van der Waals surface area contributed by atoms with Crippen LogP contribution in [0, 0.1) is 34.5 Å². The van der Waals surface area contributed by atoms with Gasteiger partial charge in [-0.1, -0.05) is 25.5 Å². The molecule has 0 N–H and O–H groups in total. The maximum atomic E-state index is 11.8. The summed E-state index contributed by atoms with van der Waals surface area (Å²) in [6.45, 7) is 9.10. The van der Waals surface area contributed by atoms with Crippen molar-refractivity contribution in [3.63, 3.8) is 0 Å². The molecular weight excluding hydrogens is 268 g/mol. The number of carbonyl (C=O) groups excluding carboxylic acids is 1. The summed E-state index contributed by atoms with van der Waals surface area (Å²) in [5, 5.41) is 0. The van der Waals surface area contributed by atoms with Crippen molar-refractivity contribution in [3.05, 3.63) is 24.3 Å². The Morgan fingerprint density at radius 3 is 2.77 bits per heavy atom. The second-order valence-electron chi connectivity index (χ2n) is 9.10. The third-order valence-electron chi connectivity index (χ3n) is 8.10. The number of ketones is 1. The first kappa shape index (κ1) is 14.7. The molecule has 22 heavy (non-hydrogen) atoms. The highest BCUT2D eigenvalue weighted by molar-refractivity contribution is 5.91. The van der Waals surface area contributed by atoms with Gasteiger partial charge in [-0.2, -0.15) is 0 Å². The van der Waals surface area contributed by atoms with Crippen LogP contribution in [-0.2, 0) is 4.79 Å². The van der Waals surface area contributed by atoms with Crippen molar-refractivity contribution in [2.75, 3.05) is 0 Å². The predicted octanol–water partition coefficient (Wildman–Crippen LogP) is 5.32. The number of hydrogen-bond acceptors (Lipinski definition) is 1. The Hall–Kier alpha value is -0.850. The third kappa shape index (κ3) is 1.93. The van der Waals surface area contributed by atoms with Gasteiger partial charge >= 0.3 is 0 Å². The van der Waals surface area contributed by atoms with E-state index >= 15 is 0 Å². The van der Waals surface area contributed by atoms with E-state index in [0.717, 1.165) is 36.5 Å². The second-order valence-corrected chi connectivity index (χ2v) is 9.10. The summed E-state index contributed by atoms with van der Waals surface area (Å²) in [5.41, 5.74) is 2.37. The largest absolute Gasteiger partial charge is 0.295 e. The zero-order valence-corrected chi connectivity index (χ0v) is 14.2. The molecule has 0 aromatic rings. The minimum absolute atomic E-state index is 0.324. The lowest BCUT2D eigenvalue weighted by Gasteiger charge is -2.57. The van der Waals surface area contributed by atoms with Crippen LogP contribution in [-0.4, -0.2) is 5.78 Å². The topological polar surface area (TPSA) is 17.1 Å². The van der Waals surface area contributed by atoms with Crippen LogP contribution in [0.5, 0.6) is 0 Å². The Balaban J connectivity index is 1.67. The van der Waals surface area contributed by atoms with Crippen molar-refractivity contribution in [2.45, 2.75) is 65.2 Å². The van der Waals surface area contributed by atoms with Crippen LogP contribution in [0.25, 0.3) is 0 Å². The lowest BCUT2D eigenvalue weighted by Crippen LogP contribution is -2.49. The summed E-state index contributed by atoms with van der Waals surface area (Å²) in [6, 6.07) is 0. The van der Waals surface area contributed by atoms with Crippen LogP contribution in [0.2, 0.25) is 0 Å². The molecule has 6 atom stereocenters. The lowest BCUT2D eigenvalue weighted by molar-refractivity contribution is -0.117. The van der Waals surface area contributed by atoms with Gasteiger partial charge in [0, 0.05) is 6.42 Å². The Labute approximate surface area is 135 Å². The molecule has 0 aromatic heterocycles. The SMILES string of the molecule is C=C[C@H]1C[C@H]2[C@@H]3CCC4=CC(=O)CC[C@]4(C)[C@H]3CC[C@]2(C)C1. The molecule has 0 aliphatic heterocycles. The normalized spacial score (nSPS) is 50.6. The van der Waals surface area contributed by atoms with Crippen molar-refractivity contribution in [1.29, 1.82) is 0 Å². The molecular formula is C21H30O. The Morgan fingerprint density at radius 2 is 2.00 bits per heavy atom. The number of hydrogen-bond donors (Lipinski definition) is 0. The molecule has 1 heteroatoms. The van der Waals surface area contributed by atoms with Crippen molar-refractivity contribution in [1.82, 2.24) is 0 Å². The van der Waals surface area contributed by atoms with Crippen LogP contribution in [0.15, 0.2) is 24.3 Å². The van der Waals surface area contributed by atoms with Crippen molar-refractivity contribution in [3.8, 4) is 0 Å². The van der Waals surface area contributed by atoms with E-state index in [0.29, 0.717) is 16.6 Å². The van der Waals surface area contributed by atoms with E-state index < -0.39 is 0 Å². The Kier molecular flexibility index (Phi) is 3.23. The fourth-order valence-electron chi connectivity index (χ4n) is 6.85. The first-order chi connectivity index (χ1) is 10.5. The van der Waals surface area contributed by atoms with Crippen LogP contribution >= 0.6 is 0 Å². The van der Waals surface area contributed by atoms with Crippen molar-refractivity contribution >= 4 is 5.78 Å². The van der Waals surface area contributed by atoms with E-state index in [1.165, 1.54) is 44.1 Å². The van der Waals surface area contributed by atoms with Crippen LogP contribution in [0.4, 0.5) is 0 Å². The molecule has 0 heterocycles. The molecule has 4 rings (SSSR count). The van der Waals surface area contributed by atoms with Crippen LogP contribution in [0.3, 0.4) is 0 Å². The highest BCUT2D eigenvalue weighted by Gasteiger charge is 2.57. The van der Waals surface area contributed by atoms with Gasteiger partial charge in [-0.25, -0.2) is 0 Å². The number of fused-ring (bicyclic) bond motifs is 5. The van der Waals surface area contributed by atoms with Crippen molar-refractivity contribution in [2.24, 2.45) is 34.5 Å². The molecule has 0 amide bonds. The summed E-state index contributed by atoms with van der Waals surface area (Å²) < 4.78 is 0. The Morgan fingerprint density at radius 1 is 1.18 bits per heavy atom. The minimum Gasteiger partial charge on any atom is -0.295 e. The molecule has 4 aliphatic rings. The predicted molar refractivity (Wildman–Crippen MR) is 90.4 cm³/mol. The van der Waals surface area contributed by atoms with Gasteiger partial charge in [0.05, 0.1) is 0 Å². The summed E-state index contributed by atoms with van der Waals surface area (Å²) in [4.78, 5) is 11.8. The van der Waals surface area contributed by atoms with Crippen molar-refractivity contribution < 1.29 is 4.79 Å². The van der Waals surface area contributed by atoms with E-state index in [2.05, 4.69) is 26.5 Å². The first-order valence-electron chi connectivity index (χ1n) is 9.33. The molecule has 120 valence electrons. The van der Waals surface area contributed by atoms with Gasteiger partial charge in [-0.3, -0.25) is 4.79 Å². The zero-order valence-electron chi connectivity index (χ0n) is 14.2. The molecule has 1 nitrogen and oxygen atoms in total. The average Bonchev–Trinajstić information content (AvgIpc) is 2.85. The second kappa shape index (κ2) is 4.82. The third-order valence-corrected chi connectivity index (χ3v) is 8.10. The smallest absolute Gasteiger partial charge is 0.155 e. The monoisotopic (exact) mass is 298 g/mol. The summed E-state index contributed by atoms with van der Waals surface area (Å²) in [7, 11) is 0. The van der Waals surface area contributed by atoms with E-state index in [4.69, 9.17) is 0 Å². The molecule has 0 unspecified atom stereocenters. The van der Waals surface area contributed by atoms with E-state index in [-0.39, 0.29) is 0 Å². The molecule has 3 saturated carbocycles. The van der Waals surface area contributed by atoms with Gasteiger partial charge in [-0.15, -0.1) is 6.58 Å². The average molecular weight is 298 g/mol. The minimum atomic E-state index is 0.324. The van der Waals surface area contributed by atoms with Crippen LogP contribution < -0.4 is 0 Å². The van der Waals surface area contributed by atoms with Gasteiger partial charge in [0.2, 0.25) is 0 Å². The quantitative estimate of drug-likeness (QED) is 0.599. The summed E-state index contributed by atoms with van der Waals surface area (Å²) in [5.74, 6) is 3.72. The van der Waals surface area contributed by atoms with Crippen LogP contribution in [0.1, 0.15) is 65.2 Å². The fraction of sp³-hybridized carbons (Fsp3) is 0.762. The Bertz CT molecular complexity index is 544. The maximum absolute atomic E-state index is 11.8. The standard InChI is InChI=1S/C21H30O/c1-4-14-11-19-17-6-5-15-12-16(22)7-10-21(15,3)18(17)8-9-20(19,2)13-14/h4,12,14,17-19H,1,5-11,13H2,2-3H3/t14-,17+,18-,19-,20+,21-/m0/s1. The van der Waals surface area contributed by atoms with Gasteiger partial charge in [-0.05, 0) is 85.5 Å². The van der Waals surface area contributed by atoms with Gasteiger partial charge in [0.1, 0.15) is 0 Å². The number of rotatable bonds is 1. The van der Waals surface area contributed by atoms with Gasteiger partial charge in [0.25, 0.3) is 0 Å². The lowest BCUT2D eigenvalue weighted by atomic mass is 9.47. The summed E-state index contributed by atoms with van der Waals surface area (Å²) in [6.07, 6.45) is 14.1. The first-order valence-corrected chi connectivity index (χ1v) is 9.33. The van der Waals surface area contributed by atoms with E-state index in [1.54, 1.807) is 0 Å². The zero-order chi connectivity index (χ0) is 15.5.